The second-order valence-corrected chi connectivity index (χ2v) is 9.75. The maximum Gasteiger partial charge on any atom is 0.344 e. The Morgan fingerprint density at radius 2 is 1.81 bits per heavy atom. The van der Waals surface area contributed by atoms with Gasteiger partial charge in [0.05, 0.1) is 21.6 Å². The van der Waals surface area contributed by atoms with Gasteiger partial charge in [0.15, 0.2) is 0 Å². The molecule has 1 amide bonds. The molecule has 1 aromatic heterocycles. The first-order valence-electron chi connectivity index (χ1n) is 11.0. The minimum atomic E-state index is -0.744. The third kappa shape index (κ3) is 5.14. The maximum absolute atomic E-state index is 12.7. The first-order chi connectivity index (χ1) is 17.2. The van der Waals surface area contributed by atoms with Gasteiger partial charge in [-0.05, 0) is 68.8 Å². The number of nitrogens with zero attached hydrogens (tertiary/aromatic N) is 2. The van der Waals surface area contributed by atoms with Crippen molar-refractivity contribution in [3.8, 4) is 5.69 Å². The van der Waals surface area contributed by atoms with Crippen molar-refractivity contribution in [1.29, 1.82) is 0 Å². The summed E-state index contributed by atoms with van der Waals surface area (Å²) in [6.45, 7) is 5.66. The molecule has 1 N–H and O–H groups in total. The summed E-state index contributed by atoms with van der Waals surface area (Å²) in [5.41, 5.74) is 3.71. The largest absolute Gasteiger partial charge is 0.506 e. The second kappa shape index (κ2) is 10.8. The number of aliphatic imine (C=N–C) groups is 1. The molecular formula is C27H22Cl2N2O4S. The number of thioether (sulfide) groups is 1. The molecule has 1 aliphatic rings. The molecule has 2 heterocycles. The van der Waals surface area contributed by atoms with Crippen molar-refractivity contribution < 1.29 is 19.4 Å². The third-order valence-corrected chi connectivity index (χ3v) is 7.27. The lowest BCUT2D eigenvalue weighted by Crippen LogP contribution is -2.14. The normalized spacial score (nSPS) is 15.7. The van der Waals surface area contributed by atoms with Gasteiger partial charge < -0.3 is 14.4 Å². The van der Waals surface area contributed by atoms with Crippen molar-refractivity contribution >= 4 is 58.0 Å². The fourth-order valence-corrected chi connectivity index (χ4v) is 5.12. The quantitative estimate of drug-likeness (QED) is 0.349. The lowest BCUT2D eigenvalue weighted by atomic mass is 10.1. The molecule has 0 radical (unpaired) electrons. The van der Waals surface area contributed by atoms with E-state index in [0.717, 1.165) is 34.4 Å². The number of hydrogen-bond donors (Lipinski definition) is 1. The summed E-state index contributed by atoms with van der Waals surface area (Å²) >= 11 is 13.3. The van der Waals surface area contributed by atoms with Crippen molar-refractivity contribution in [2.45, 2.75) is 20.8 Å². The Hall–Kier alpha value is -3.26. The van der Waals surface area contributed by atoms with Crippen LogP contribution in [-0.2, 0) is 9.53 Å². The zero-order valence-electron chi connectivity index (χ0n) is 19.7. The molecule has 0 unspecified atom stereocenters. The van der Waals surface area contributed by atoms with E-state index in [9.17, 15) is 14.7 Å². The van der Waals surface area contributed by atoms with Crippen molar-refractivity contribution in [3.05, 3.63) is 103 Å². The van der Waals surface area contributed by atoms with E-state index in [1.165, 1.54) is 0 Å². The number of hydrogen-bond acceptors (Lipinski definition) is 5. The number of aliphatic hydroxyl groups excluding tert-OH is 1. The lowest BCUT2D eigenvalue weighted by molar-refractivity contribution is -0.138. The van der Waals surface area contributed by atoms with Gasteiger partial charge in [-0.15, -0.1) is 0 Å². The van der Waals surface area contributed by atoms with Crippen LogP contribution in [0.3, 0.4) is 0 Å². The molecule has 0 spiro atoms. The van der Waals surface area contributed by atoms with E-state index in [1.807, 2.05) is 30.5 Å². The van der Waals surface area contributed by atoms with Crippen LogP contribution in [0.5, 0.6) is 0 Å². The van der Waals surface area contributed by atoms with E-state index in [-0.39, 0.29) is 23.0 Å². The molecule has 184 valence electrons. The van der Waals surface area contributed by atoms with Gasteiger partial charge in [-0.25, -0.2) is 9.79 Å². The topological polar surface area (TPSA) is 80.9 Å². The van der Waals surface area contributed by atoms with Crippen LogP contribution < -0.4 is 0 Å². The Morgan fingerprint density at radius 3 is 2.47 bits per heavy atom. The van der Waals surface area contributed by atoms with Gasteiger partial charge in [0.2, 0.25) is 0 Å². The second-order valence-electron chi connectivity index (χ2n) is 7.90. The number of aliphatic hydroxyl groups is 1. The minimum absolute atomic E-state index is 0.0874. The minimum Gasteiger partial charge on any atom is -0.506 e. The van der Waals surface area contributed by atoms with Gasteiger partial charge in [-0.1, -0.05) is 53.2 Å². The SMILES string of the molecule is CCOC(=O)C1=C(O)/C(=C/c2cc(C)n(-c3ccc(Cl)c(Cl)c3)c2C)SC1=NC(=O)c1ccccc1. The van der Waals surface area contributed by atoms with Crippen molar-refractivity contribution in [1.82, 2.24) is 4.57 Å². The van der Waals surface area contributed by atoms with Crippen molar-refractivity contribution in [2.75, 3.05) is 6.61 Å². The molecule has 3 aromatic rings. The summed E-state index contributed by atoms with van der Waals surface area (Å²) in [5, 5.41) is 12.0. The standard InChI is InChI=1S/C27H22Cl2N2O4S/c1-4-35-27(34)23-24(32)22(36-26(23)30-25(33)17-8-6-5-7-9-17)13-18-12-15(2)31(16(18)3)19-10-11-20(28)21(29)14-19/h5-14,32H,4H2,1-3H3/b22-13-,30-26?. The zero-order valence-corrected chi connectivity index (χ0v) is 22.0. The molecule has 36 heavy (non-hydrogen) atoms. The fourth-order valence-electron chi connectivity index (χ4n) is 3.83. The van der Waals surface area contributed by atoms with Crippen LogP contribution in [0.15, 0.2) is 75.8 Å². The highest BCUT2D eigenvalue weighted by Crippen LogP contribution is 2.40. The fraction of sp³-hybridized carbons (Fsp3) is 0.148. The van der Waals surface area contributed by atoms with E-state index < -0.39 is 11.9 Å². The van der Waals surface area contributed by atoms with Crippen molar-refractivity contribution in [3.63, 3.8) is 0 Å². The summed E-state index contributed by atoms with van der Waals surface area (Å²) in [6.07, 6.45) is 1.76. The van der Waals surface area contributed by atoms with Crippen LogP contribution in [0, 0.1) is 13.8 Å². The molecule has 0 aliphatic carbocycles. The Kier molecular flexibility index (Phi) is 7.73. The molecule has 1 aliphatic heterocycles. The van der Waals surface area contributed by atoms with Gasteiger partial charge in [0, 0.05) is 22.6 Å². The maximum atomic E-state index is 12.7. The summed E-state index contributed by atoms with van der Waals surface area (Å²) in [4.78, 5) is 29.9. The van der Waals surface area contributed by atoms with Crippen LogP contribution in [-0.4, -0.2) is 33.2 Å². The van der Waals surface area contributed by atoms with E-state index in [1.54, 1.807) is 55.5 Å². The highest BCUT2D eigenvalue weighted by molar-refractivity contribution is 8.18. The average molecular weight is 541 g/mol. The molecule has 9 heteroatoms. The van der Waals surface area contributed by atoms with Crippen LogP contribution in [0.25, 0.3) is 11.8 Å². The summed E-state index contributed by atoms with van der Waals surface area (Å²) in [5.74, 6) is -1.55. The first kappa shape index (κ1) is 25.8. The molecule has 6 nitrogen and oxygen atoms in total. The van der Waals surface area contributed by atoms with E-state index in [0.29, 0.717) is 20.5 Å². The van der Waals surface area contributed by atoms with Gasteiger partial charge in [0.25, 0.3) is 5.91 Å². The number of halogens is 2. The Morgan fingerprint density at radius 1 is 1.08 bits per heavy atom. The van der Waals surface area contributed by atoms with E-state index >= 15 is 0 Å². The molecule has 0 fully saturated rings. The number of carbonyl (C=O) groups excluding carboxylic acids is 2. The number of aryl methyl sites for hydroxylation is 1. The smallest absolute Gasteiger partial charge is 0.344 e. The predicted octanol–water partition coefficient (Wildman–Crippen LogP) is 7.10. The molecule has 4 rings (SSSR count). The van der Waals surface area contributed by atoms with Crippen molar-refractivity contribution in [2.24, 2.45) is 4.99 Å². The summed E-state index contributed by atoms with van der Waals surface area (Å²) in [6, 6.07) is 15.8. The molecule has 0 atom stereocenters. The Labute approximate surface area is 222 Å². The average Bonchev–Trinajstić information content (AvgIpc) is 3.31. The highest BCUT2D eigenvalue weighted by atomic mass is 35.5. The molecule has 0 saturated heterocycles. The van der Waals surface area contributed by atoms with Crippen LogP contribution in [0.2, 0.25) is 10.0 Å². The zero-order chi connectivity index (χ0) is 26.0. The van der Waals surface area contributed by atoms with Gasteiger partial charge in [-0.3, -0.25) is 4.79 Å². The number of amides is 1. The van der Waals surface area contributed by atoms with Gasteiger partial charge >= 0.3 is 5.97 Å². The third-order valence-electron chi connectivity index (χ3n) is 5.51. The molecule has 0 saturated carbocycles. The Balaban J connectivity index is 1.76. The first-order valence-corrected chi connectivity index (χ1v) is 12.6. The molecular weight excluding hydrogens is 519 g/mol. The number of aromatic nitrogens is 1. The number of benzene rings is 2. The number of ether oxygens (including phenoxy) is 1. The highest BCUT2D eigenvalue weighted by Gasteiger charge is 2.34. The van der Waals surface area contributed by atoms with E-state index in [4.69, 9.17) is 27.9 Å². The van der Waals surface area contributed by atoms with Crippen LogP contribution in [0.1, 0.15) is 34.2 Å². The molecule has 2 aromatic carbocycles. The number of carbonyl (C=O) groups is 2. The summed E-state index contributed by atoms with van der Waals surface area (Å²) < 4.78 is 7.13. The number of esters is 1. The van der Waals surface area contributed by atoms with Crippen LogP contribution in [0.4, 0.5) is 0 Å². The number of rotatable bonds is 5. The predicted molar refractivity (Wildman–Crippen MR) is 145 cm³/mol. The monoisotopic (exact) mass is 540 g/mol. The van der Waals surface area contributed by atoms with Gasteiger partial charge in [-0.2, -0.15) is 0 Å². The van der Waals surface area contributed by atoms with Crippen LogP contribution >= 0.6 is 35.0 Å². The van der Waals surface area contributed by atoms with E-state index in [2.05, 4.69) is 4.99 Å². The van der Waals surface area contributed by atoms with Gasteiger partial charge in [0.1, 0.15) is 16.4 Å². The molecule has 0 bridgehead atoms. The lowest BCUT2D eigenvalue weighted by Gasteiger charge is -2.10. The Bertz CT molecular complexity index is 1460. The summed E-state index contributed by atoms with van der Waals surface area (Å²) in [7, 11) is 0.